The van der Waals surface area contributed by atoms with Gasteiger partial charge in [-0.25, -0.2) is 0 Å². The molecule has 3 N–H and O–H groups in total. The van der Waals surface area contributed by atoms with Crippen LogP contribution in [0.15, 0.2) is 0 Å². The molecule has 17 heavy (non-hydrogen) atoms. The van der Waals surface area contributed by atoms with Gasteiger partial charge in [0.15, 0.2) is 0 Å². The number of carbonyl (C=O) groups excluding carboxylic acids is 1. The summed E-state index contributed by atoms with van der Waals surface area (Å²) in [5.74, 6) is 0.554. The first kappa shape index (κ1) is 12.8. The van der Waals surface area contributed by atoms with Crippen molar-refractivity contribution in [2.24, 2.45) is 17.1 Å². The van der Waals surface area contributed by atoms with Crippen LogP contribution in [-0.2, 0) is 9.53 Å². The van der Waals surface area contributed by atoms with Gasteiger partial charge >= 0.3 is 0 Å². The van der Waals surface area contributed by atoms with Gasteiger partial charge in [0.25, 0.3) is 0 Å². The van der Waals surface area contributed by atoms with E-state index in [1.165, 1.54) is 0 Å². The van der Waals surface area contributed by atoms with Crippen LogP contribution in [0.2, 0.25) is 0 Å². The van der Waals surface area contributed by atoms with E-state index >= 15 is 0 Å². The van der Waals surface area contributed by atoms with E-state index in [1.54, 1.807) is 7.11 Å². The molecule has 96 valence electrons. The number of methoxy groups -OCH3 is 1. The molecule has 1 amide bonds. The van der Waals surface area contributed by atoms with Gasteiger partial charge in [0.1, 0.15) is 0 Å². The van der Waals surface area contributed by atoms with Crippen molar-refractivity contribution < 1.29 is 9.53 Å². The minimum Gasteiger partial charge on any atom is -0.392 e. The highest BCUT2D eigenvalue weighted by molar-refractivity contribution is 7.80. The molecular formula is C12H20N2O2S. The number of carbonyl (C=O) groups is 1. The summed E-state index contributed by atoms with van der Waals surface area (Å²) in [6, 6.07) is 0.231. The maximum atomic E-state index is 12.2. The fraction of sp³-hybridized carbons (Fsp3) is 0.833. The van der Waals surface area contributed by atoms with Gasteiger partial charge in [-0.1, -0.05) is 19.1 Å². The van der Waals surface area contributed by atoms with Crippen molar-refractivity contribution in [1.82, 2.24) is 5.32 Å². The summed E-state index contributed by atoms with van der Waals surface area (Å²) >= 11 is 5.06. The molecule has 2 saturated carbocycles. The summed E-state index contributed by atoms with van der Waals surface area (Å²) in [5, 5.41) is 3.04. The van der Waals surface area contributed by atoms with Crippen LogP contribution in [0.4, 0.5) is 0 Å². The highest BCUT2D eigenvalue weighted by Crippen LogP contribution is 2.46. The molecule has 0 bridgehead atoms. The summed E-state index contributed by atoms with van der Waals surface area (Å²) in [7, 11) is 1.70. The molecule has 4 nitrogen and oxygen atoms in total. The lowest BCUT2D eigenvalue weighted by Gasteiger charge is -2.46. The quantitative estimate of drug-likeness (QED) is 0.736. The smallest absolute Gasteiger partial charge is 0.233 e. The Labute approximate surface area is 107 Å². The first-order valence-electron chi connectivity index (χ1n) is 6.11. The first-order chi connectivity index (χ1) is 7.98. The highest BCUT2D eigenvalue weighted by Gasteiger charge is 2.51. The zero-order valence-electron chi connectivity index (χ0n) is 10.4. The van der Waals surface area contributed by atoms with Crippen LogP contribution in [0.25, 0.3) is 0 Å². The second kappa shape index (κ2) is 4.53. The molecule has 0 aromatic rings. The Balaban J connectivity index is 1.89. The van der Waals surface area contributed by atoms with E-state index in [2.05, 4.69) is 12.2 Å². The standard InChI is InChI=1S/C12H20N2O2S/c1-7-5-12(6-7,10(13)17)11(15)14-8-3-9(4-8)16-2/h7-9H,3-6H2,1-2H3,(H2,13,17)(H,14,15). The molecule has 0 saturated heterocycles. The van der Waals surface area contributed by atoms with Crippen molar-refractivity contribution in [3.8, 4) is 0 Å². The number of hydrogen-bond donors (Lipinski definition) is 2. The third kappa shape index (κ3) is 2.18. The summed E-state index contributed by atoms with van der Waals surface area (Å²) in [4.78, 5) is 12.6. The average Bonchev–Trinajstić information content (AvgIpc) is 2.16. The van der Waals surface area contributed by atoms with E-state index in [0.29, 0.717) is 17.0 Å². The topological polar surface area (TPSA) is 64.3 Å². The van der Waals surface area contributed by atoms with Crippen LogP contribution >= 0.6 is 12.2 Å². The zero-order valence-corrected chi connectivity index (χ0v) is 11.2. The SMILES string of the molecule is COC1CC(NC(=O)C2(C(N)=S)CC(C)C2)C1. The van der Waals surface area contributed by atoms with E-state index < -0.39 is 5.41 Å². The second-order valence-electron chi connectivity index (χ2n) is 5.46. The number of rotatable bonds is 4. The Bertz CT molecular complexity index is 333. The summed E-state index contributed by atoms with van der Waals surface area (Å²) in [6.07, 6.45) is 3.65. The minimum absolute atomic E-state index is 0.0163. The molecule has 2 rings (SSSR count). The van der Waals surface area contributed by atoms with Crippen molar-refractivity contribution in [2.45, 2.75) is 44.8 Å². The summed E-state index contributed by atoms with van der Waals surface area (Å²) in [6.45, 7) is 2.12. The monoisotopic (exact) mass is 256 g/mol. The maximum absolute atomic E-state index is 12.2. The number of hydrogen-bond acceptors (Lipinski definition) is 3. The Morgan fingerprint density at radius 1 is 1.47 bits per heavy atom. The molecule has 2 aliphatic rings. The molecule has 0 aromatic carbocycles. The van der Waals surface area contributed by atoms with Crippen LogP contribution < -0.4 is 11.1 Å². The molecule has 0 atom stereocenters. The number of nitrogens with two attached hydrogens (primary N) is 1. The van der Waals surface area contributed by atoms with Crippen LogP contribution in [0.1, 0.15) is 32.6 Å². The molecule has 0 unspecified atom stereocenters. The number of ether oxygens (including phenoxy) is 1. The number of amides is 1. The van der Waals surface area contributed by atoms with E-state index in [9.17, 15) is 4.79 Å². The van der Waals surface area contributed by atoms with Crippen LogP contribution in [0, 0.1) is 11.3 Å². The van der Waals surface area contributed by atoms with Crippen molar-refractivity contribution in [3.63, 3.8) is 0 Å². The van der Waals surface area contributed by atoms with Gasteiger partial charge in [0.2, 0.25) is 5.91 Å². The Morgan fingerprint density at radius 2 is 2.06 bits per heavy atom. The normalized spacial score (nSPS) is 40.0. The van der Waals surface area contributed by atoms with Crippen molar-refractivity contribution in [2.75, 3.05) is 7.11 Å². The van der Waals surface area contributed by atoms with E-state index in [-0.39, 0.29) is 11.9 Å². The lowest BCUT2D eigenvalue weighted by Crippen LogP contribution is -2.59. The third-order valence-electron chi connectivity index (χ3n) is 4.06. The van der Waals surface area contributed by atoms with Gasteiger partial charge in [-0.15, -0.1) is 0 Å². The Hall–Kier alpha value is -0.680. The van der Waals surface area contributed by atoms with Gasteiger partial charge in [-0.05, 0) is 31.6 Å². The van der Waals surface area contributed by atoms with Gasteiger partial charge in [0, 0.05) is 13.2 Å². The molecule has 0 radical (unpaired) electrons. The average molecular weight is 256 g/mol. The molecule has 0 heterocycles. The van der Waals surface area contributed by atoms with Crippen LogP contribution in [-0.4, -0.2) is 30.2 Å². The lowest BCUT2D eigenvalue weighted by atomic mass is 9.61. The molecule has 0 aliphatic heterocycles. The first-order valence-corrected chi connectivity index (χ1v) is 6.52. The number of thiocarbonyl (C=S) groups is 1. The summed E-state index contributed by atoms with van der Waals surface area (Å²) < 4.78 is 5.19. The van der Waals surface area contributed by atoms with E-state index in [1.807, 2.05) is 0 Å². The van der Waals surface area contributed by atoms with E-state index in [4.69, 9.17) is 22.7 Å². The Kier molecular flexibility index (Phi) is 3.41. The molecule has 5 heteroatoms. The van der Waals surface area contributed by atoms with Crippen LogP contribution in [0.3, 0.4) is 0 Å². The molecule has 0 aromatic heterocycles. The molecule has 0 spiro atoms. The predicted molar refractivity (Wildman–Crippen MR) is 69.6 cm³/mol. The largest absolute Gasteiger partial charge is 0.392 e. The Morgan fingerprint density at radius 3 is 2.47 bits per heavy atom. The third-order valence-corrected chi connectivity index (χ3v) is 4.45. The molecular weight excluding hydrogens is 236 g/mol. The number of nitrogens with one attached hydrogen (secondary N) is 1. The fourth-order valence-electron chi connectivity index (χ4n) is 2.83. The highest BCUT2D eigenvalue weighted by atomic mass is 32.1. The summed E-state index contributed by atoms with van der Waals surface area (Å²) in [5.41, 5.74) is 5.15. The van der Waals surface area contributed by atoms with Crippen molar-refractivity contribution in [3.05, 3.63) is 0 Å². The van der Waals surface area contributed by atoms with Gasteiger partial charge in [-0.3, -0.25) is 4.79 Å². The van der Waals surface area contributed by atoms with Gasteiger partial charge in [0.05, 0.1) is 16.5 Å². The van der Waals surface area contributed by atoms with Gasteiger partial charge in [-0.2, -0.15) is 0 Å². The van der Waals surface area contributed by atoms with Crippen LogP contribution in [0.5, 0.6) is 0 Å². The predicted octanol–water partition coefficient (Wildman–Crippen LogP) is 0.982. The molecule has 2 aliphatic carbocycles. The molecule has 2 fully saturated rings. The maximum Gasteiger partial charge on any atom is 0.233 e. The van der Waals surface area contributed by atoms with Gasteiger partial charge < -0.3 is 15.8 Å². The minimum atomic E-state index is -0.576. The lowest BCUT2D eigenvalue weighted by molar-refractivity contribution is -0.135. The fourth-order valence-corrected chi connectivity index (χ4v) is 3.09. The van der Waals surface area contributed by atoms with Crippen molar-refractivity contribution >= 4 is 23.1 Å². The van der Waals surface area contributed by atoms with Crippen molar-refractivity contribution in [1.29, 1.82) is 0 Å². The van der Waals surface area contributed by atoms with E-state index in [0.717, 1.165) is 25.7 Å². The second-order valence-corrected chi connectivity index (χ2v) is 5.90. The zero-order chi connectivity index (χ0) is 12.6.